The molecule has 19 heavy (non-hydrogen) atoms. The van der Waals surface area contributed by atoms with E-state index in [1.165, 1.54) is 32.6 Å². The molecule has 1 aliphatic carbocycles. The lowest BCUT2D eigenvalue weighted by Crippen LogP contribution is -2.39. The Morgan fingerprint density at radius 3 is 2.79 bits per heavy atom. The standard InChI is InChI=1S/C16H18BrNS/c1-11-5-6-16(19-11)10-18-15-8-13(9-15)12-3-2-4-14(17)7-12/h2-7,13,15,18H,8-10H2,1H3. The third kappa shape index (κ3) is 3.28. The van der Waals surface area contributed by atoms with Gasteiger partial charge in [0.15, 0.2) is 0 Å². The molecule has 1 fully saturated rings. The number of hydrogen-bond acceptors (Lipinski definition) is 2. The fraction of sp³-hybridized carbons (Fsp3) is 0.375. The summed E-state index contributed by atoms with van der Waals surface area (Å²) >= 11 is 5.44. The molecule has 0 atom stereocenters. The maximum Gasteiger partial charge on any atom is 0.0302 e. The molecule has 0 amide bonds. The first-order valence-corrected chi connectivity index (χ1v) is 8.36. The van der Waals surface area contributed by atoms with E-state index in [0.29, 0.717) is 6.04 Å². The van der Waals surface area contributed by atoms with Crippen molar-refractivity contribution in [3.63, 3.8) is 0 Å². The maximum absolute atomic E-state index is 3.66. The Bertz CT molecular complexity index is 557. The van der Waals surface area contributed by atoms with E-state index < -0.39 is 0 Å². The highest BCUT2D eigenvalue weighted by Gasteiger charge is 2.29. The van der Waals surface area contributed by atoms with Gasteiger partial charge in [-0.2, -0.15) is 0 Å². The molecular formula is C16H18BrNS. The van der Waals surface area contributed by atoms with E-state index >= 15 is 0 Å². The third-order valence-corrected chi connectivity index (χ3v) is 5.31. The molecule has 0 bridgehead atoms. The monoisotopic (exact) mass is 335 g/mol. The minimum Gasteiger partial charge on any atom is -0.309 e. The lowest BCUT2D eigenvalue weighted by molar-refractivity contribution is 0.290. The smallest absolute Gasteiger partial charge is 0.0302 e. The molecule has 2 aromatic rings. The summed E-state index contributed by atoms with van der Waals surface area (Å²) in [6.45, 7) is 3.19. The summed E-state index contributed by atoms with van der Waals surface area (Å²) in [5.74, 6) is 0.736. The van der Waals surface area contributed by atoms with Crippen molar-refractivity contribution in [3.8, 4) is 0 Å². The van der Waals surface area contributed by atoms with Gasteiger partial charge in [-0.3, -0.25) is 0 Å². The van der Waals surface area contributed by atoms with Gasteiger partial charge < -0.3 is 5.32 Å². The Morgan fingerprint density at radius 2 is 2.11 bits per heavy atom. The molecule has 3 heteroatoms. The van der Waals surface area contributed by atoms with E-state index in [1.54, 1.807) is 0 Å². The van der Waals surface area contributed by atoms with E-state index in [9.17, 15) is 0 Å². The first-order chi connectivity index (χ1) is 9.20. The summed E-state index contributed by atoms with van der Waals surface area (Å²) in [5.41, 5.74) is 1.47. The predicted octanol–water partition coefficient (Wildman–Crippen LogP) is 4.85. The lowest BCUT2D eigenvalue weighted by atomic mass is 9.76. The van der Waals surface area contributed by atoms with Gasteiger partial charge in [0, 0.05) is 26.8 Å². The third-order valence-electron chi connectivity index (χ3n) is 3.82. The molecule has 0 saturated heterocycles. The fourth-order valence-electron chi connectivity index (χ4n) is 2.64. The summed E-state index contributed by atoms with van der Waals surface area (Å²) in [4.78, 5) is 2.85. The molecule has 1 aromatic carbocycles. The molecule has 1 aromatic heterocycles. The Morgan fingerprint density at radius 1 is 1.26 bits per heavy atom. The fourth-order valence-corrected chi connectivity index (χ4v) is 3.90. The summed E-state index contributed by atoms with van der Waals surface area (Å²) < 4.78 is 1.19. The van der Waals surface area contributed by atoms with E-state index in [1.807, 2.05) is 11.3 Å². The zero-order valence-corrected chi connectivity index (χ0v) is 13.4. The topological polar surface area (TPSA) is 12.0 Å². The van der Waals surface area contributed by atoms with Gasteiger partial charge in [-0.05, 0) is 55.5 Å². The Labute approximate surface area is 127 Å². The molecule has 3 rings (SSSR count). The first-order valence-electron chi connectivity index (χ1n) is 6.75. The highest BCUT2D eigenvalue weighted by atomic mass is 79.9. The summed E-state index contributed by atoms with van der Waals surface area (Å²) in [5, 5.41) is 3.66. The Kier molecular flexibility index (Phi) is 4.06. The second-order valence-corrected chi connectivity index (χ2v) is 7.60. The summed E-state index contributed by atoms with van der Waals surface area (Å²) in [7, 11) is 0. The number of halogens is 1. The average molecular weight is 336 g/mol. The number of hydrogen-bond donors (Lipinski definition) is 1. The van der Waals surface area contributed by atoms with Crippen molar-refractivity contribution in [1.29, 1.82) is 0 Å². The second-order valence-electron chi connectivity index (χ2n) is 5.31. The van der Waals surface area contributed by atoms with Crippen molar-refractivity contribution in [2.75, 3.05) is 0 Å². The molecule has 1 saturated carbocycles. The van der Waals surface area contributed by atoms with Crippen molar-refractivity contribution in [3.05, 3.63) is 56.2 Å². The van der Waals surface area contributed by atoms with Gasteiger partial charge in [0.2, 0.25) is 0 Å². The van der Waals surface area contributed by atoms with Crippen molar-refractivity contribution >= 4 is 27.3 Å². The molecule has 0 radical (unpaired) electrons. The Hall–Kier alpha value is -0.640. The van der Waals surface area contributed by atoms with Gasteiger partial charge in [-0.15, -0.1) is 11.3 Å². The van der Waals surface area contributed by atoms with Crippen LogP contribution in [0.25, 0.3) is 0 Å². The van der Waals surface area contributed by atoms with Crippen LogP contribution in [0.5, 0.6) is 0 Å². The van der Waals surface area contributed by atoms with E-state index in [2.05, 4.69) is 64.6 Å². The van der Waals surface area contributed by atoms with Gasteiger partial charge in [-0.1, -0.05) is 28.1 Å². The highest BCUT2D eigenvalue weighted by molar-refractivity contribution is 9.10. The molecule has 0 spiro atoms. The van der Waals surface area contributed by atoms with Crippen LogP contribution in [0.1, 0.15) is 34.1 Å². The zero-order valence-electron chi connectivity index (χ0n) is 11.0. The van der Waals surface area contributed by atoms with Crippen LogP contribution in [0, 0.1) is 6.92 Å². The van der Waals surface area contributed by atoms with Gasteiger partial charge in [0.25, 0.3) is 0 Å². The number of aryl methyl sites for hydroxylation is 1. The van der Waals surface area contributed by atoms with E-state index in [-0.39, 0.29) is 0 Å². The zero-order chi connectivity index (χ0) is 13.2. The van der Waals surface area contributed by atoms with Crippen molar-refractivity contribution < 1.29 is 0 Å². The number of nitrogens with one attached hydrogen (secondary N) is 1. The van der Waals surface area contributed by atoms with Crippen molar-refractivity contribution in [2.24, 2.45) is 0 Å². The highest BCUT2D eigenvalue weighted by Crippen LogP contribution is 2.37. The van der Waals surface area contributed by atoms with Crippen LogP contribution in [0.2, 0.25) is 0 Å². The number of rotatable bonds is 4. The van der Waals surface area contributed by atoms with Crippen molar-refractivity contribution in [1.82, 2.24) is 5.32 Å². The molecule has 1 nitrogen and oxygen atoms in total. The predicted molar refractivity (Wildman–Crippen MR) is 85.8 cm³/mol. The van der Waals surface area contributed by atoms with Gasteiger partial charge in [-0.25, -0.2) is 0 Å². The number of benzene rings is 1. The number of thiophene rings is 1. The summed E-state index contributed by atoms with van der Waals surface area (Å²) in [6, 6.07) is 13.8. The van der Waals surface area contributed by atoms with Crippen LogP contribution in [-0.4, -0.2) is 6.04 Å². The van der Waals surface area contributed by atoms with Gasteiger partial charge in [0.05, 0.1) is 0 Å². The molecule has 1 N–H and O–H groups in total. The molecule has 0 unspecified atom stereocenters. The second kappa shape index (κ2) is 5.78. The van der Waals surface area contributed by atoms with Crippen LogP contribution in [-0.2, 0) is 6.54 Å². The van der Waals surface area contributed by atoms with E-state index in [4.69, 9.17) is 0 Å². The molecular weight excluding hydrogens is 318 g/mol. The van der Waals surface area contributed by atoms with Crippen LogP contribution >= 0.6 is 27.3 Å². The Balaban J connectivity index is 1.48. The maximum atomic E-state index is 3.66. The lowest BCUT2D eigenvalue weighted by Gasteiger charge is -2.36. The molecule has 1 aliphatic rings. The van der Waals surface area contributed by atoms with Crippen LogP contribution in [0.15, 0.2) is 40.9 Å². The minimum absolute atomic E-state index is 0.686. The molecule has 100 valence electrons. The van der Waals surface area contributed by atoms with Crippen molar-refractivity contribution in [2.45, 2.75) is 38.3 Å². The van der Waals surface area contributed by atoms with Gasteiger partial charge >= 0.3 is 0 Å². The van der Waals surface area contributed by atoms with Gasteiger partial charge in [0.1, 0.15) is 0 Å². The quantitative estimate of drug-likeness (QED) is 0.841. The minimum atomic E-state index is 0.686. The molecule has 0 aliphatic heterocycles. The first kappa shape index (κ1) is 13.3. The van der Waals surface area contributed by atoms with Crippen LogP contribution in [0.3, 0.4) is 0 Å². The van der Waals surface area contributed by atoms with E-state index in [0.717, 1.165) is 12.5 Å². The van der Waals surface area contributed by atoms with Crippen LogP contribution < -0.4 is 5.32 Å². The average Bonchev–Trinajstić information content (AvgIpc) is 2.73. The largest absolute Gasteiger partial charge is 0.309 e. The normalized spacial score (nSPS) is 22.2. The summed E-state index contributed by atoms with van der Waals surface area (Å²) in [6.07, 6.45) is 2.53. The molecule has 1 heterocycles. The van der Waals surface area contributed by atoms with Crippen LogP contribution in [0.4, 0.5) is 0 Å². The SMILES string of the molecule is Cc1ccc(CNC2CC(c3cccc(Br)c3)C2)s1.